The number of rotatable bonds is 3. The highest BCUT2D eigenvalue weighted by atomic mass is 32.2. The van der Waals surface area contributed by atoms with Gasteiger partial charge in [0, 0.05) is 11.1 Å². The van der Waals surface area contributed by atoms with Crippen LogP contribution in [0.3, 0.4) is 0 Å². The molecule has 0 radical (unpaired) electrons. The van der Waals surface area contributed by atoms with Gasteiger partial charge in [-0.2, -0.15) is 0 Å². The quantitative estimate of drug-likeness (QED) is 0.419. The summed E-state index contributed by atoms with van der Waals surface area (Å²) in [5.41, 5.74) is 3.03. The molecule has 1 fully saturated rings. The standard InChI is InChI=1S/C26H29NO4S2/c1-25(2,3)17-9-16(10-18(22(17)28)26(4,5)6)12-21-23(29)27(24(32)33-21)13-15-7-8-19-20(11-15)31-14-30-19/h7-12,28H,13-14H2,1-6H3. The van der Waals surface area contributed by atoms with Crippen molar-refractivity contribution in [1.82, 2.24) is 4.90 Å². The SMILES string of the molecule is CC(C)(C)c1cc(C=C2SC(=S)N(Cc3ccc4c(c3)OCO4)C2=O)cc(C(C)(C)C)c1O. The fourth-order valence-corrected chi connectivity index (χ4v) is 5.15. The van der Waals surface area contributed by atoms with Crippen LogP contribution in [-0.2, 0) is 22.2 Å². The van der Waals surface area contributed by atoms with Crippen molar-refractivity contribution in [1.29, 1.82) is 0 Å². The van der Waals surface area contributed by atoms with Crippen molar-refractivity contribution in [2.24, 2.45) is 0 Å². The number of hydrogen-bond acceptors (Lipinski definition) is 6. The van der Waals surface area contributed by atoms with Crippen LogP contribution < -0.4 is 9.47 Å². The number of thioether (sulfide) groups is 1. The minimum absolute atomic E-state index is 0.120. The molecule has 1 N–H and O–H groups in total. The van der Waals surface area contributed by atoms with Gasteiger partial charge < -0.3 is 14.6 Å². The lowest BCUT2D eigenvalue weighted by molar-refractivity contribution is -0.122. The molecule has 2 heterocycles. The van der Waals surface area contributed by atoms with Gasteiger partial charge in [-0.15, -0.1) is 0 Å². The molecule has 0 spiro atoms. The van der Waals surface area contributed by atoms with E-state index in [0.29, 0.717) is 33.0 Å². The van der Waals surface area contributed by atoms with Gasteiger partial charge in [0.2, 0.25) is 6.79 Å². The molecule has 5 nitrogen and oxygen atoms in total. The van der Waals surface area contributed by atoms with Crippen molar-refractivity contribution in [3.8, 4) is 17.2 Å². The van der Waals surface area contributed by atoms with Gasteiger partial charge in [0.1, 0.15) is 10.1 Å². The zero-order valence-corrected chi connectivity index (χ0v) is 21.4. The number of aromatic hydroxyl groups is 1. The Morgan fingerprint density at radius 3 is 2.24 bits per heavy atom. The van der Waals surface area contributed by atoms with Crippen LogP contribution in [0.2, 0.25) is 0 Å². The average Bonchev–Trinajstić information content (AvgIpc) is 3.27. The van der Waals surface area contributed by atoms with Crippen LogP contribution in [0.25, 0.3) is 6.08 Å². The first kappa shape index (κ1) is 23.6. The van der Waals surface area contributed by atoms with E-state index in [-0.39, 0.29) is 23.5 Å². The van der Waals surface area contributed by atoms with E-state index in [4.69, 9.17) is 21.7 Å². The van der Waals surface area contributed by atoms with E-state index in [9.17, 15) is 9.90 Å². The zero-order chi connectivity index (χ0) is 24.1. The van der Waals surface area contributed by atoms with Crippen LogP contribution in [0.1, 0.15) is 63.8 Å². The molecule has 2 aliphatic rings. The highest BCUT2D eigenvalue weighted by molar-refractivity contribution is 8.26. The lowest BCUT2D eigenvalue weighted by Crippen LogP contribution is -2.27. The van der Waals surface area contributed by atoms with Crippen LogP contribution in [0.5, 0.6) is 17.2 Å². The molecule has 2 aliphatic heterocycles. The highest BCUT2D eigenvalue weighted by Crippen LogP contribution is 2.41. The summed E-state index contributed by atoms with van der Waals surface area (Å²) in [6.45, 7) is 13.0. The Kier molecular flexibility index (Phi) is 5.99. The summed E-state index contributed by atoms with van der Waals surface area (Å²) in [7, 11) is 0. The third kappa shape index (κ3) is 4.75. The molecular weight excluding hydrogens is 454 g/mol. The molecule has 2 aromatic rings. The third-order valence-electron chi connectivity index (χ3n) is 5.70. The van der Waals surface area contributed by atoms with Gasteiger partial charge in [0.25, 0.3) is 5.91 Å². The van der Waals surface area contributed by atoms with Gasteiger partial charge in [-0.05, 0) is 52.3 Å². The van der Waals surface area contributed by atoms with Crippen LogP contribution in [-0.4, -0.2) is 27.0 Å². The second-order valence-electron chi connectivity index (χ2n) is 10.4. The number of hydrogen-bond donors (Lipinski definition) is 1. The summed E-state index contributed by atoms with van der Waals surface area (Å²) in [5, 5.41) is 11.0. The number of fused-ring (bicyclic) bond motifs is 1. The fourth-order valence-electron chi connectivity index (χ4n) is 3.89. The summed E-state index contributed by atoms with van der Waals surface area (Å²) in [6, 6.07) is 9.59. The van der Waals surface area contributed by atoms with Gasteiger partial charge in [-0.25, -0.2) is 0 Å². The molecular formula is C26H29NO4S2. The van der Waals surface area contributed by atoms with Gasteiger partial charge in [-0.3, -0.25) is 9.69 Å². The predicted octanol–water partition coefficient (Wildman–Crippen LogP) is 6.12. The second-order valence-corrected chi connectivity index (χ2v) is 12.1. The van der Waals surface area contributed by atoms with E-state index in [2.05, 4.69) is 41.5 Å². The van der Waals surface area contributed by atoms with Crippen molar-refractivity contribution in [3.63, 3.8) is 0 Å². The summed E-state index contributed by atoms with van der Waals surface area (Å²) < 4.78 is 11.3. The summed E-state index contributed by atoms with van der Waals surface area (Å²) >= 11 is 6.83. The monoisotopic (exact) mass is 483 g/mol. The minimum atomic E-state index is -0.244. The number of benzene rings is 2. The first-order valence-corrected chi connectivity index (χ1v) is 12.1. The van der Waals surface area contributed by atoms with Gasteiger partial charge in [0.15, 0.2) is 11.5 Å². The molecule has 0 atom stereocenters. The average molecular weight is 484 g/mol. The number of nitrogens with zero attached hydrogens (tertiary/aromatic N) is 1. The van der Waals surface area contributed by atoms with Crippen molar-refractivity contribution in [3.05, 3.63) is 57.5 Å². The molecule has 0 bridgehead atoms. The number of ether oxygens (including phenoxy) is 2. The van der Waals surface area contributed by atoms with Crippen molar-refractivity contribution < 1.29 is 19.4 Å². The molecule has 2 aromatic carbocycles. The number of thiocarbonyl (C=S) groups is 1. The van der Waals surface area contributed by atoms with E-state index in [1.807, 2.05) is 36.4 Å². The predicted molar refractivity (Wildman–Crippen MR) is 137 cm³/mol. The Balaban J connectivity index is 1.66. The molecule has 1 saturated heterocycles. The van der Waals surface area contributed by atoms with E-state index in [1.54, 1.807) is 4.90 Å². The van der Waals surface area contributed by atoms with E-state index < -0.39 is 0 Å². The normalized spacial score (nSPS) is 17.4. The molecule has 174 valence electrons. The Labute approximate surface area is 204 Å². The largest absolute Gasteiger partial charge is 0.507 e. The molecule has 0 unspecified atom stereocenters. The van der Waals surface area contributed by atoms with Crippen molar-refractivity contribution in [2.45, 2.75) is 58.9 Å². The number of carbonyl (C=O) groups excluding carboxylic acids is 1. The Bertz CT molecular complexity index is 1140. The molecule has 0 aromatic heterocycles. The second kappa shape index (κ2) is 8.37. The maximum absolute atomic E-state index is 13.2. The van der Waals surface area contributed by atoms with Crippen molar-refractivity contribution >= 4 is 40.3 Å². The lowest BCUT2D eigenvalue weighted by Gasteiger charge is -2.28. The Hall–Kier alpha value is -2.51. The topological polar surface area (TPSA) is 59.0 Å². The zero-order valence-electron chi connectivity index (χ0n) is 19.8. The third-order valence-corrected chi connectivity index (χ3v) is 7.08. The summed E-state index contributed by atoms with van der Waals surface area (Å²) in [5.74, 6) is 1.59. The van der Waals surface area contributed by atoms with E-state index in [1.165, 1.54) is 11.8 Å². The molecule has 4 rings (SSSR count). The Morgan fingerprint density at radius 2 is 1.64 bits per heavy atom. The molecule has 33 heavy (non-hydrogen) atoms. The fraction of sp³-hybridized carbons (Fsp3) is 0.385. The smallest absolute Gasteiger partial charge is 0.266 e. The lowest BCUT2D eigenvalue weighted by atomic mass is 9.78. The van der Waals surface area contributed by atoms with Crippen LogP contribution in [0, 0.1) is 0 Å². The highest BCUT2D eigenvalue weighted by Gasteiger charge is 2.33. The van der Waals surface area contributed by atoms with Crippen molar-refractivity contribution in [2.75, 3.05) is 6.79 Å². The minimum Gasteiger partial charge on any atom is -0.507 e. The summed E-state index contributed by atoms with van der Waals surface area (Å²) in [6.07, 6.45) is 1.88. The first-order valence-electron chi connectivity index (χ1n) is 10.9. The van der Waals surface area contributed by atoms with Gasteiger partial charge >= 0.3 is 0 Å². The van der Waals surface area contributed by atoms with Gasteiger partial charge in [-0.1, -0.05) is 71.6 Å². The summed E-state index contributed by atoms with van der Waals surface area (Å²) in [4.78, 5) is 15.4. The van der Waals surface area contributed by atoms with Gasteiger partial charge in [0.05, 0.1) is 11.4 Å². The number of phenols is 1. The van der Waals surface area contributed by atoms with Crippen LogP contribution >= 0.6 is 24.0 Å². The Morgan fingerprint density at radius 1 is 1.03 bits per heavy atom. The number of phenolic OH excluding ortho intramolecular Hbond substituents is 1. The van der Waals surface area contributed by atoms with Crippen LogP contribution in [0.15, 0.2) is 35.2 Å². The molecule has 1 amide bonds. The molecule has 0 aliphatic carbocycles. The number of carbonyl (C=O) groups is 1. The maximum Gasteiger partial charge on any atom is 0.266 e. The maximum atomic E-state index is 13.2. The number of amides is 1. The molecule has 0 saturated carbocycles. The van der Waals surface area contributed by atoms with E-state index >= 15 is 0 Å². The molecule has 7 heteroatoms. The van der Waals surface area contributed by atoms with Crippen LogP contribution in [0.4, 0.5) is 0 Å². The van der Waals surface area contributed by atoms with E-state index in [0.717, 1.165) is 22.3 Å². The first-order chi connectivity index (χ1) is 15.3.